The lowest BCUT2D eigenvalue weighted by atomic mass is 9.88. The van der Waals surface area contributed by atoms with Crippen molar-refractivity contribution in [3.05, 3.63) is 65.5 Å². The number of halogens is 1. The first-order valence-electron chi connectivity index (χ1n) is 8.93. The highest BCUT2D eigenvalue weighted by Crippen LogP contribution is 2.41. The third-order valence-corrected chi connectivity index (χ3v) is 6.47. The summed E-state index contributed by atoms with van der Waals surface area (Å²) in [5.41, 5.74) is 1.99. The van der Waals surface area contributed by atoms with Crippen molar-refractivity contribution in [2.24, 2.45) is 0 Å². The molecule has 0 unspecified atom stereocenters. The zero-order valence-corrected chi connectivity index (χ0v) is 15.3. The van der Waals surface area contributed by atoms with Crippen molar-refractivity contribution in [3.63, 3.8) is 0 Å². The van der Waals surface area contributed by atoms with E-state index in [1.54, 1.807) is 12.1 Å². The monoisotopic (exact) mass is 343 g/mol. The zero-order chi connectivity index (χ0) is 17.0. The Bertz CT molecular complexity index is 687. The van der Waals surface area contributed by atoms with E-state index in [1.165, 1.54) is 23.3 Å². The molecule has 2 atom stereocenters. The van der Waals surface area contributed by atoms with Crippen LogP contribution in [0.3, 0.4) is 0 Å². The molecule has 0 amide bonds. The molecule has 2 aromatic rings. The normalized spacial score (nSPS) is 23.5. The molecule has 1 aliphatic rings. The highest BCUT2D eigenvalue weighted by molar-refractivity contribution is 7.99. The number of nitrogens with one attached hydrogen (secondary N) is 1. The highest BCUT2D eigenvalue weighted by atomic mass is 32.2. The minimum absolute atomic E-state index is 0.0483. The smallest absolute Gasteiger partial charge is 0.128 e. The quantitative estimate of drug-likeness (QED) is 0.720. The molecule has 0 radical (unpaired) electrons. The van der Waals surface area contributed by atoms with Gasteiger partial charge in [-0.25, -0.2) is 4.39 Å². The molecule has 0 saturated heterocycles. The van der Waals surface area contributed by atoms with Gasteiger partial charge in [-0.15, -0.1) is 11.8 Å². The molecule has 0 aromatic heterocycles. The molecule has 2 aromatic carbocycles. The van der Waals surface area contributed by atoms with Crippen LogP contribution in [0, 0.1) is 5.82 Å². The summed E-state index contributed by atoms with van der Waals surface area (Å²) >= 11 is 1.91. The Hall–Kier alpha value is -1.32. The van der Waals surface area contributed by atoms with Gasteiger partial charge in [-0.3, -0.25) is 5.32 Å². The lowest BCUT2D eigenvalue weighted by molar-refractivity contribution is 0.295. The Kier molecular flexibility index (Phi) is 5.62. The predicted molar refractivity (Wildman–Crippen MR) is 101 cm³/mol. The van der Waals surface area contributed by atoms with Gasteiger partial charge < -0.3 is 0 Å². The largest absolute Gasteiger partial charge is 0.300 e. The molecule has 0 spiro atoms. The topological polar surface area (TPSA) is 12.0 Å². The molecular formula is C21H26FNS. The van der Waals surface area contributed by atoms with Crippen molar-refractivity contribution in [1.82, 2.24) is 5.32 Å². The zero-order valence-electron chi connectivity index (χ0n) is 14.5. The first-order chi connectivity index (χ1) is 11.7. The van der Waals surface area contributed by atoms with E-state index in [2.05, 4.69) is 43.4 Å². The Labute approximate surface area is 149 Å². The number of fused-ring (bicyclic) bond motifs is 1. The van der Waals surface area contributed by atoms with E-state index in [0.717, 1.165) is 24.2 Å². The Morgan fingerprint density at radius 3 is 2.50 bits per heavy atom. The average Bonchev–Trinajstić information content (AvgIpc) is 2.79. The summed E-state index contributed by atoms with van der Waals surface area (Å²) in [4.78, 5) is 1.27. The van der Waals surface area contributed by atoms with Crippen LogP contribution in [0.25, 0.3) is 0 Å². The van der Waals surface area contributed by atoms with Gasteiger partial charge in [0.2, 0.25) is 0 Å². The summed E-state index contributed by atoms with van der Waals surface area (Å²) in [6.45, 7) is 4.48. The molecule has 3 rings (SSSR count). The van der Waals surface area contributed by atoms with Crippen molar-refractivity contribution in [2.75, 3.05) is 5.75 Å². The van der Waals surface area contributed by atoms with Crippen LogP contribution in [0.4, 0.5) is 4.39 Å². The summed E-state index contributed by atoms with van der Waals surface area (Å²) in [7, 11) is 0. The van der Waals surface area contributed by atoms with Gasteiger partial charge in [0.05, 0.1) is 6.04 Å². The molecule has 24 heavy (non-hydrogen) atoms. The second-order valence-electron chi connectivity index (χ2n) is 6.66. The average molecular weight is 344 g/mol. The first kappa shape index (κ1) is 17.5. The van der Waals surface area contributed by atoms with Gasteiger partial charge in [0.1, 0.15) is 5.82 Å². The number of benzene rings is 2. The molecule has 0 aliphatic carbocycles. The maximum absolute atomic E-state index is 14.6. The van der Waals surface area contributed by atoms with Gasteiger partial charge in [0.15, 0.2) is 0 Å². The van der Waals surface area contributed by atoms with E-state index < -0.39 is 0 Å². The fraction of sp³-hybridized carbons (Fsp3) is 0.429. The van der Waals surface area contributed by atoms with Crippen molar-refractivity contribution >= 4 is 11.8 Å². The third-order valence-electron chi connectivity index (χ3n) is 5.09. The summed E-state index contributed by atoms with van der Waals surface area (Å²) in [5, 5.41) is 3.87. The van der Waals surface area contributed by atoms with Crippen LogP contribution in [0.5, 0.6) is 0 Å². The molecular weight excluding hydrogens is 317 g/mol. The van der Waals surface area contributed by atoms with Crippen LogP contribution >= 0.6 is 11.8 Å². The minimum Gasteiger partial charge on any atom is -0.300 e. The van der Waals surface area contributed by atoms with E-state index in [-0.39, 0.29) is 17.4 Å². The molecule has 3 heteroatoms. The van der Waals surface area contributed by atoms with Crippen molar-refractivity contribution in [2.45, 2.75) is 56.0 Å². The Morgan fingerprint density at radius 1 is 1.08 bits per heavy atom. The molecule has 0 bridgehead atoms. The molecule has 1 nitrogen and oxygen atoms in total. The van der Waals surface area contributed by atoms with Crippen molar-refractivity contribution < 1.29 is 4.39 Å². The van der Waals surface area contributed by atoms with Crippen LogP contribution in [-0.4, -0.2) is 11.3 Å². The van der Waals surface area contributed by atoms with E-state index in [0.29, 0.717) is 0 Å². The van der Waals surface area contributed by atoms with Crippen LogP contribution in [0.2, 0.25) is 0 Å². The van der Waals surface area contributed by atoms with Gasteiger partial charge in [-0.1, -0.05) is 63.1 Å². The van der Waals surface area contributed by atoms with Gasteiger partial charge in [-0.2, -0.15) is 0 Å². The predicted octanol–water partition coefficient (Wildman–Crippen LogP) is 5.95. The van der Waals surface area contributed by atoms with Gasteiger partial charge in [-0.05, 0) is 30.5 Å². The van der Waals surface area contributed by atoms with E-state index in [4.69, 9.17) is 0 Å². The van der Waals surface area contributed by atoms with Gasteiger partial charge in [0.25, 0.3) is 0 Å². The molecule has 1 heterocycles. The third kappa shape index (κ3) is 3.52. The van der Waals surface area contributed by atoms with Crippen molar-refractivity contribution in [1.29, 1.82) is 0 Å². The molecule has 1 N–H and O–H groups in total. The number of unbranched alkanes of at least 4 members (excludes halogenated alkanes) is 1. The minimum atomic E-state index is -0.128. The second kappa shape index (κ2) is 7.71. The number of thioether (sulfide) groups is 1. The van der Waals surface area contributed by atoms with Crippen LogP contribution in [-0.2, 0) is 0 Å². The van der Waals surface area contributed by atoms with Crippen LogP contribution < -0.4 is 5.32 Å². The molecule has 128 valence electrons. The summed E-state index contributed by atoms with van der Waals surface area (Å²) in [6, 6.07) is 15.5. The van der Waals surface area contributed by atoms with E-state index in [9.17, 15) is 4.39 Å². The van der Waals surface area contributed by atoms with Crippen molar-refractivity contribution in [3.8, 4) is 0 Å². The van der Waals surface area contributed by atoms with Gasteiger partial charge >= 0.3 is 0 Å². The molecule has 0 saturated carbocycles. The summed E-state index contributed by atoms with van der Waals surface area (Å²) in [6.07, 6.45) is 4.57. The number of hydrogen-bond acceptors (Lipinski definition) is 2. The molecule has 1 aliphatic heterocycles. The van der Waals surface area contributed by atoms with E-state index >= 15 is 0 Å². The lowest BCUT2D eigenvalue weighted by Crippen LogP contribution is -2.48. The SMILES string of the molecule is CCCC[C@]1(CC)CSc2ccccc2[C@H](c2ccccc2F)N1. The van der Waals surface area contributed by atoms with Crippen LogP contribution in [0.1, 0.15) is 56.7 Å². The summed E-state index contributed by atoms with van der Waals surface area (Å²) < 4.78 is 14.6. The van der Waals surface area contributed by atoms with E-state index in [1.807, 2.05) is 23.9 Å². The van der Waals surface area contributed by atoms with Crippen LogP contribution in [0.15, 0.2) is 53.4 Å². The number of hydrogen-bond donors (Lipinski definition) is 1. The maximum atomic E-state index is 14.6. The fourth-order valence-corrected chi connectivity index (χ4v) is 4.88. The lowest BCUT2D eigenvalue weighted by Gasteiger charge is -2.36. The molecule has 0 fully saturated rings. The number of rotatable bonds is 5. The second-order valence-corrected chi connectivity index (χ2v) is 7.68. The Morgan fingerprint density at radius 2 is 1.79 bits per heavy atom. The van der Waals surface area contributed by atoms with Gasteiger partial charge in [0, 0.05) is 21.8 Å². The fourth-order valence-electron chi connectivity index (χ4n) is 3.49. The first-order valence-corrected chi connectivity index (χ1v) is 9.91. The Balaban J connectivity index is 2.06. The highest BCUT2D eigenvalue weighted by Gasteiger charge is 2.36. The maximum Gasteiger partial charge on any atom is 0.128 e. The standard InChI is InChI=1S/C21H26FNS/c1-3-5-14-21(4-2)15-24-19-13-9-7-11-17(19)20(23-21)16-10-6-8-12-18(16)22/h6-13,20,23H,3-5,14-15H2,1-2H3/t20-,21+/m0/s1. The summed E-state index contributed by atoms with van der Waals surface area (Å²) in [5.74, 6) is 0.906.